The van der Waals surface area contributed by atoms with Crippen LogP contribution >= 0.6 is 11.8 Å². The van der Waals surface area contributed by atoms with Crippen molar-refractivity contribution in [1.82, 2.24) is 4.90 Å². The first kappa shape index (κ1) is 19.4. The third kappa shape index (κ3) is 4.42. The van der Waals surface area contributed by atoms with E-state index in [4.69, 9.17) is 4.74 Å². The zero-order valence-corrected chi connectivity index (χ0v) is 16.6. The highest BCUT2D eigenvalue weighted by molar-refractivity contribution is 8.15. The first-order chi connectivity index (χ1) is 14.0. The molecule has 29 heavy (non-hydrogen) atoms. The van der Waals surface area contributed by atoms with E-state index >= 15 is 0 Å². The first-order valence-electron chi connectivity index (χ1n) is 9.32. The molecule has 0 spiro atoms. The topological polar surface area (TPSA) is 71.0 Å². The highest BCUT2D eigenvalue weighted by atomic mass is 32.2. The average molecular weight is 413 g/mol. The summed E-state index contributed by atoms with van der Waals surface area (Å²) < 4.78 is 18.4. The molecule has 1 atom stereocenters. The number of carbonyl (C=O) groups excluding carboxylic acids is 2. The zero-order valence-electron chi connectivity index (χ0n) is 15.8. The van der Waals surface area contributed by atoms with Gasteiger partial charge < -0.3 is 10.1 Å². The van der Waals surface area contributed by atoms with Crippen molar-refractivity contribution in [3.8, 4) is 5.75 Å². The van der Waals surface area contributed by atoms with Crippen molar-refractivity contribution in [2.45, 2.75) is 30.6 Å². The maximum absolute atomic E-state index is 13.1. The second-order valence-electron chi connectivity index (χ2n) is 6.87. The molecule has 8 heteroatoms. The summed E-state index contributed by atoms with van der Waals surface area (Å²) in [6, 6.07) is 13.1. The molecule has 1 aliphatic heterocycles. The SMILES string of the molecule is COc1ccccc1NC(=O)C[C@@H]1SC(=Nc2ccc(F)cc2)N(C2CC2)C1=O. The van der Waals surface area contributed by atoms with E-state index < -0.39 is 5.25 Å². The van der Waals surface area contributed by atoms with Gasteiger partial charge in [-0.25, -0.2) is 9.38 Å². The molecule has 1 N–H and O–H groups in total. The number of ether oxygens (including phenoxy) is 1. The molecule has 1 heterocycles. The van der Waals surface area contributed by atoms with Crippen LogP contribution in [0.2, 0.25) is 0 Å². The van der Waals surface area contributed by atoms with Gasteiger partial charge in [0.25, 0.3) is 0 Å². The Hall–Kier alpha value is -2.87. The Morgan fingerprint density at radius 3 is 2.66 bits per heavy atom. The fourth-order valence-electron chi connectivity index (χ4n) is 3.11. The average Bonchev–Trinajstić information content (AvgIpc) is 3.50. The van der Waals surface area contributed by atoms with E-state index in [0.29, 0.717) is 22.3 Å². The van der Waals surface area contributed by atoms with Crippen molar-refractivity contribution in [2.75, 3.05) is 12.4 Å². The summed E-state index contributed by atoms with van der Waals surface area (Å²) in [7, 11) is 1.53. The summed E-state index contributed by atoms with van der Waals surface area (Å²) in [5.41, 5.74) is 1.14. The minimum Gasteiger partial charge on any atom is -0.495 e. The summed E-state index contributed by atoms with van der Waals surface area (Å²) in [5, 5.41) is 2.84. The molecule has 4 rings (SSSR count). The maximum atomic E-state index is 13.1. The van der Waals surface area contributed by atoms with Gasteiger partial charge in [-0.15, -0.1) is 0 Å². The van der Waals surface area contributed by atoms with Crippen LogP contribution in [0.25, 0.3) is 0 Å². The molecule has 0 aromatic heterocycles. The minimum atomic E-state index is -0.537. The Bertz CT molecular complexity index is 960. The van der Waals surface area contributed by atoms with Gasteiger partial charge in [-0.1, -0.05) is 23.9 Å². The van der Waals surface area contributed by atoms with Crippen molar-refractivity contribution >= 4 is 40.1 Å². The highest BCUT2D eigenvalue weighted by Crippen LogP contribution is 2.39. The summed E-state index contributed by atoms with van der Waals surface area (Å²) >= 11 is 1.28. The molecule has 1 aliphatic carbocycles. The predicted molar refractivity (Wildman–Crippen MR) is 111 cm³/mol. The Morgan fingerprint density at radius 1 is 1.24 bits per heavy atom. The van der Waals surface area contributed by atoms with Crippen LogP contribution < -0.4 is 10.1 Å². The van der Waals surface area contributed by atoms with Gasteiger partial charge in [0.1, 0.15) is 16.8 Å². The lowest BCUT2D eigenvalue weighted by atomic mass is 10.2. The molecule has 0 radical (unpaired) electrons. The molecule has 0 bridgehead atoms. The predicted octanol–water partition coefficient (Wildman–Crippen LogP) is 3.96. The van der Waals surface area contributed by atoms with E-state index in [1.807, 2.05) is 6.07 Å². The molecule has 2 fully saturated rings. The van der Waals surface area contributed by atoms with Crippen molar-refractivity contribution in [3.63, 3.8) is 0 Å². The minimum absolute atomic E-state index is 0.0349. The Morgan fingerprint density at radius 2 is 1.97 bits per heavy atom. The molecular weight excluding hydrogens is 393 g/mol. The van der Waals surface area contributed by atoms with Crippen LogP contribution in [0.3, 0.4) is 0 Å². The lowest BCUT2D eigenvalue weighted by Gasteiger charge is -2.15. The molecule has 6 nitrogen and oxygen atoms in total. The van der Waals surface area contributed by atoms with Crippen molar-refractivity contribution in [2.24, 2.45) is 4.99 Å². The lowest BCUT2D eigenvalue weighted by molar-refractivity contribution is -0.128. The third-order valence-electron chi connectivity index (χ3n) is 4.68. The number of hydrogen-bond acceptors (Lipinski definition) is 5. The quantitative estimate of drug-likeness (QED) is 0.778. The van der Waals surface area contributed by atoms with E-state index in [0.717, 1.165) is 12.8 Å². The van der Waals surface area contributed by atoms with Gasteiger partial charge in [-0.2, -0.15) is 0 Å². The van der Waals surface area contributed by atoms with Crippen LogP contribution in [-0.4, -0.2) is 40.3 Å². The smallest absolute Gasteiger partial charge is 0.242 e. The molecule has 2 aromatic rings. The van der Waals surface area contributed by atoms with Crippen molar-refractivity contribution < 1.29 is 18.7 Å². The van der Waals surface area contributed by atoms with E-state index in [9.17, 15) is 14.0 Å². The number of carbonyl (C=O) groups is 2. The van der Waals surface area contributed by atoms with E-state index in [1.165, 1.54) is 31.0 Å². The third-order valence-corrected chi connectivity index (χ3v) is 5.83. The number of thioether (sulfide) groups is 1. The van der Waals surface area contributed by atoms with Crippen LogP contribution in [0.5, 0.6) is 5.75 Å². The van der Waals surface area contributed by atoms with Gasteiger partial charge in [-0.05, 0) is 49.2 Å². The number of nitrogens with zero attached hydrogens (tertiary/aromatic N) is 2. The summed E-state index contributed by atoms with van der Waals surface area (Å²) in [6.45, 7) is 0. The summed E-state index contributed by atoms with van der Waals surface area (Å²) in [6.07, 6.45) is 1.89. The number of rotatable bonds is 6. The fourth-order valence-corrected chi connectivity index (χ4v) is 4.32. The van der Waals surface area contributed by atoms with Crippen molar-refractivity contribution in [1.29, 1.82) is 0 Å². The lowest BCUT2D eigenvalue weighted by Crippen LogP contribution is -2.35. The second kappa shape index (κ2) is 8.24. The number of amidine groups is 1. The highest BCUT2D eigenvalue weighted by Gasteiger charge is 2.46. The summed E-state index contributed by atoms with van der Waals surface area (Å²) in [5.74, 6) is -0.147. The zero-order chi connectivity index (χ0) is 20.4. The van der Waals surface area contributed by atoms with Gasteiger partial charge in [0.05, 0.1) is 18.5 Å². The number of anilines is 1. The number of hydrogen-bond donors (Lipinski definition) is 1. The number of aliphatic imine (C=N–C) groups is 1. The molecule has 0 unspecified atom stereocenters. The molecule has 150 valence electrons. The molecular formula is C21H20FN3O3S. The van der Waals surface area contributed by atoms with Gasteiger partial charge in [-0.3, -0.25) is 14.5 Å². The van der Waals surface area contributed by atoms with E-state index in [2.05, 4.69) is 10.3 Å². The molecule has 2 amide bonds. The number of para-hydroxylation sites is 2. The van der Waals surface area contributed by atoms with Crippen LogP contribution in [0.15, 0.2) is 53.5 Å². The Kier molecular flexibility index (Phi) is 5.53. The monoisotopic (exact) mass is 413 g/mol. The standard InChI is InChI=1S/C21H20FN3O3S/c1-28-17-5-3-2-4-16(17)24-19(26)12-18-20(27)25(15-10-11-15)21(29-18)23-14-8-6-13(22)7-9-14/h2-9,15,18H,10-12H2,1H3,(H,24,26)/t18-/m0/s1. The fraction of sp³-hybridized carbons (Fsp3) is 0.286. The number of amides is 2. The number of nitrogens with one attached hydrogen (secondary N) is 1. The molecule has 2 aliphatic rings. The molecule has 1 saturated carbocycles. The maximum Gasteiger partial charge on any atom is 0.242 e. The van der Waals surface area contributed by atoms with E-state index in [1.54, 1.807) is 35.2 Å². The van der Waals surface area contributed by atoms with Crippen LogP contribution in [0.1, 0.15) is 19.3 Å². The van der Waals surface area contributed by atoms with Crippen molar-refractivity contribution in [3.05, 3.63) is 54.3 Å². The molecule has 2 aromatic carbocycles. The Balaban J connectivity index is 1.48. The summed E-state index contributed by atoms with van der Waals surface area (Å²) in [4.78, 5) is 31.7. The molecule has 1 saturated heterocycles. The van der Waals surface area contributed by atoms with Gasteiger partial charge in [0, 0.05) is 12.5 Å². The van der Waals surface area contributed by atoms with Gasteiger partial charge in [0.2, 0.25) is 11.8 Å². The number of halogens is 1. The second-order valence-corrected chi connectivity index (χ2v) is 8.04. The first-order valence-corrected chi connectivity index (χ1v) is 10.2. The number of methoxy groups -OCH3 is 1. The normalized spacial score (nSPS) is 20.2. The Labute approximate surface area is 172 Å². The van der Waals surface area contributed by atoms with Crippen LogP contribution in [0, 0.1) is 5.82 Å². The van der Waals surface area contributed by atoms with E-state index in [-0.39, 0.29) is 30.1 Å². The largest absolute Gasteiger partial charge is 0.495 e. The van der Waals surface area contributed by atoms with Crippen LogP contribution in [-0.2, 0) is 9.59 Å². The van der Waals surface area contributed by atoms with Gasteiger partial charge in [0.15, 0.2) is 5.17 Å². The number of benzene rings is 2. The van der Waals surface area contributed by atoms with Gasteiger partial charge >= 0.3 is 0 Å². The van der Waals surface area contributed by atoms with Crippen LogP contribution in [0.4, 0.5) is 15.8 Å².